The van der Waals surface area contributed by atoms with Crippen LogP contribution < -0.4 is 10.6 Å². The molecule has 9 heteroatoms. The van der Waals surface area contributed by atoms with E-state index >= 15 is 0 Å². The molecule has 1 atom stereocenters. The van der Waals surface area contributed by atoms with Crippen LogP contribution in [0.3, 0.4) is 0 Å². The van der Waals surface area contributed by atoms with Gasteiger partial charge in [-0.25, -0.2) is 9.67 Å². The summed E-state index contributed by atoms with van der Waals surface area (Å²) in [6, 6.07) is 0. The van der Waals surface area contributed by atoms with Gasteiger partial charge in [0.25, 0.3) is 0 Å². The molecule has 2 aliphatic rings. The van der Waals surface area contributed by atoms with Gasteiger partial charge in [0.05, 0.1) is 5.92 Å². The van der Waals surface area contributed by atoms with E-state index in [9.17, 15) is 9.59 Å². The van der Waals surface area contributed by atoms with Gasteiger partial charge in [-0.05, 0) is 25.8 Å². The summed E-state index contributed by atoms with van der Waals surface area (Å²) in [5, 5.41) is 10.1. The van der Waals surface area contributed by atoms with Gasteiger partial charge in [-0.3, -0.25) is 14.9 Å². The van der Waals surface area contributed by atoms with E-state index in [0.29, 0.717) is 6.54 Å². The number of amides is 2. The first-order valence-corrected chi connectivity index (χ1v) is 8.41. The lowest BCUT2D eigenvalue weighted by molar-refractivity contribution is -0.132. The Morgan fingerprint density at radius 3 is 2.67 bits per heavy atom. The Morgan fingerprint density at radius 2 is 2.00 bits per heavy atom. The highest BCUT2D eigenvalue weighted by Crippen LogP contribution is 2.11. The first-order valence-electron chi connectivity index (χ1n) is 8.41. The Bertz CT molecular complexity index is 550. The van der Waals surface area contributed by atoms with Gasteiger partial charge in [-0.1, -0.05) is 12.8 Å². The van der Waals surface area contributed by atoms with Crippen molar-refractivity contribution in [2.75, 3.05) is 31.5 Å². The molecule has 2 N–H and O–H groups in total. The Hall–Kier alpha value is -1.67. The fourth-order valence-corrected chi connectivity index (χ4v) is 3.08. The lowest BCUT2D eigenvalue weighted by atomic mass is 10.1. The third-order valence-electron chi connectivity index (χ3n) is 4.46. The van der Waals surface area contributed by atoms with E-state index in [1.54, 1.807) is 0 Å². The van der Waals surface area contributed by atoms with E-state index in [1.165, 1.54) is 23.9 Å². The quantitative estimate of drug-likeness (QED) is 0.826. The number of rotatable bonds is 4. The van der Waals surface area contributed by atoms with Crippen LogP contribution in [0.2, 0.25) is 0 Å². The van der Waals surface area contributed by atoms with Gasteiger partial charge in [0.1, 0.15) is 12.9 Å². The van der Waals surface area contributed by atoms with Crippen molar-refractivity contribution in [3.63, 3.8) is 0 Å². The summed E-state index contributed by atoms with van der Waals surface area (Å²) in [5.74, 6) is 0.243. The molecule has 1 aromatic rings. The van der Waals surface area contributed by atoms with Crippen LogP contribution in [0.25, 0.3) is 0 Å². The van der Waals surface area contributed by atoms with Gasteiger partial charge in [0.15, 0.2) is 0 Å². The van der Waals surface area contributed by atoms with Crippen LogP contribution in [0.1, 0.15) is 32.1 Å². The topological polar surface area (TPSA) is 92.2 Å². The number of nitrogens with one attached hydrogen (secondary N) is 2. The van der Waals surface area contributed by atoms with Crippen LogP contribution >= 0.6 is 12.4 Å². The van der Waals surface area contributed by atoms with E-state index in [0.717, 1.165) is 38.9 Å². The monoisotopic (exact) mass is 356 g/mol. The second kappa shape index (κ2) is 8.98. The van der Waals surface area contributed by atoms with E-state index in [4.69, 9.17) is 0 Å². The molecule has 0 bridgehead atoms. The maximum Gasteiger partial charge on any atom is 0.248 e. The molecule has 0 spiro atoms. The minimum atomic E-state index is -0.0633. The smallest absolute Gasteiger partial charge is 0.248 e. The number of likely N-dealkylation sites (tertiary alicyclic amines) is 1. The number of hydrogen-bond donors (Lipinski definition) is 2. The normalized spacial score (nSPS) is 21.0. The summed E-state index contributed by atoms with van der Waals surface area (Å²) in [6.45, 7) is 3.38. The number of aromatic nitrogens is 3. The second-order valence-electron chi connectivity index (χ2n) is 6.24. The predicted molar refractivity (Wildman–Crippen MR) is 91.9 cm³/mol. The van der Waals surface area contributed by atoms with E-state index in [-0.39, 0.29) is 42.6 Å². The van der Waals surface area contributed by atoms with Gasteiger partial charge in [-0.15, -0.1) is 17.5 Å². The molecule has 2 fully saturated rings. The molecule has 3 rings (SSSR count). The van der Waals surface area contributed by atoms with Gasteiger partial charge < -0.3 is 10.2 Å². The highest BCUT2D eigenvalue weighted by Gasteiger charge is 2.23. The third-order valence-corrected chi connectivity index (χ3v) is 4.46. The molecule has 0 saturated carbocycles. The SMILES string of the molecule is Cl.O=C(Nc1ncn(CC(=O)N2CCCCCC2)n1)C1CCNC1. The van der Waals surface area contributed by atoms with Gasteiger partial charge in [0.2, 0.25) is 17.8 Å². The molecule has 0 aliphatic carbocycles. The summed E-state index contributed by atoms with van der Waals surface area (Å²) in [6.07, 6.45) is 6.86. The molecule has 134 valence electrons. The molecular weight excluding hydrogens is 332 g/mol. The summed E-state index contributed by atoms with van der Waals surface area (Å²) in [7, 11) is 0. The molecule has 3 heterocycles. The zero-order chi connectivity index (χ0) is 16.1. The van der Waals surface area contributed by atoms with Crippen LogP contribution in [-0.4, -0.2) is 57.7 Å². The summed E-state index contributed by atoms with van der Waals surface area (Å²) in [4.78, 5) is 30.3. The van der Waals surface area contributed by atoms with Crippen molar-refractivity contribution in [3.8, 4) is 0 Å². The third kappa shape index (κ3) is 4.91. The number of anilines is 1. The summed E-state index contributed by atoms with van der Waals surface area (Å²) < 4.78 is 1.50. The van der Waals surface area contributed by atoms with Gasteiger partial charge >= 0.3 is 0 Å². The summed E-state index contributed by atoms with van der Waals surface area (Å²) in [5.41, 5.74) is 0. The average molecular weight is 357 g/mol. The van der Waals surface area contributed by atoms with Crippen molar-refractivity contribution in [3.05, 3.63) is 6.33 Å². The van der Waals surface area contributed by atoms with Gasteiger partial charge in [-0.2, -0.15) is 0 Å². The largest absolute Gasteiger partial charge is 0.341 e. The molecule has 2 amide bonds. The number of halogens is 1. The fourth-order valence-electron chi connectivity index (χ4n) is 3.08. The van der Waals surface area contributed by atoms with E-state index in [1.807, 2.05) is 4.90 Å². The maximum atomic E-state index is 12.3. The standard InChI is InChI=1S/C15H24N6O2.ClH/c22-13(20-7-3-1-2-4-8-20)10-21-11-17-15(19-21)18-14(23)12-5-6-16-9-12;/h11-12,16H,1-10H2,(H,18,19,23);1H. The molecule has 2 saturated heterocycles. The lowest BCUT2D eigenvalue weighted by Gasteiger charge is -2.19. The minimum Gasteiger partial charge on any atom is -0.341 e. The molecular formula is C15H25ClN6O2. The number of carbonyl (C=O) groups excluding carboxylic acids is 2. The lowest BCUT2D eigenvalue weighted by Crippen LogP contribution is -2.34. The van der Waals surface area contributed by atoms with Gasteiger partial charge in [0, 0.05) is 19.6 Å². The van der Waals surface area contributed by atoms with Crippen molar-refractivity contribution in [2.24, 2.45) is 5.92 Å². The predicted octanol–water partition coefficient (Wildman–Crippen LogP) is 0.651. The molecule has 1 aromatic heterocycles. The van der Waals surface area contributed by atoms with Crippen LogP contribution in [0, 0.1) is 5.92 Å². The highest BCUT2D eigenvalue weighted by atomic mass is 35.5. The molecule has 8 nitrogen and oxygen atoms in total. The average Bonchev–Trinajstić information content (AvgIpc) is 3.14. The fraction of sp³-hybridized carbons (Fsp3) is 0.733. The Labute approximate surface area is 147 Å². The first kappa shape index (κ1) is 18.7. The van der Waals surface area contributed by atoms with E-state index in [2.05, 4.69) is 20.7 Å². The zero-order valence-electron chi connectivity index (χ0n) is 13.7. The number of nitrogens with zero attached hydrogens (tertiary/aromatic N) is 4. The van der Waals surface area contributed by atoms with Crippen molar-refractivity contribution in [1.29, 1.82) is 0 Å². The van der Waals surface area contributed by atoms with Crippen LogP contribution in [0.5, 0.6) is 0 Å². The van der Waals surface area contributed by atoms with Crippen LogP contribution in [0.4, 0.5) is 5.95 Å². The van der Waals surface area contributed by atoms with Crippen molar-refractivity contribution < 1.29 is 9.59 Å². The Balaban J connectivity index is 0.00000208. The molecule has 2 aliphatic heterocycles. The molecule has 0 aromatic carbocycles. The number of hydrogen-bond acceptors (Lipinski definition) is 5. The highest BCUT2D eigenvalue weighted by molar-refractivity contribution is 5.91. The molecule has 24 heavy (non-hydrogen) atoms. The molecule has 1 unspecified atom stereocenters. The van der Waals surface area contributed by atoms with Crippen molar-refractivity contribution >= 4 is 30.2 Å². The van der Waals surface area contributed by atoms with E-state index < -0.39 is 0 Å². The Kier molecular flexibility index (Phi) is 6.99. The summed E-state index contributed by atoms with van der Waals surface area (Å²) >= 11 is 0. The maximum absolute atomic E-state index is 12.3. The molecule has 0 radical (unpaired) electrons. The zero-order valence-corrected chi connectivity index (χ0v) is 14.6. The van der Waals surface area contributed by atoms with Crippen molar-refractivity contribution in [2.45, 2.75) is 38.6 Å². The number of carbonyl (C=O) groups is 2. The second-order valence-corrected chi connectivity index (χ2v) is 6.24. The van der Waals surface area contributed by atoms with Crippen LogP contribution in [0.15, 0.2) is 6.33 Å². The minimum absolute atomic E-state index is 0. The van der Waals surface area contributed by atoms with Crippen molar-refractivity contribution in [1.82, 2.24) is 25.0 Å². The van der Waals surface area contributed by atoms with Crippen LogP contribution in [-0.2, 0) is 16.1 Å². The first-order chi connectivity index (χ1) is 11.2. The Morgan fingerprint density at radius 1 is 1.25 bits per heavy atom.